The summed E-state index contributed by atoms with van der Waals surface area (Å²) in [7, 11) is 0. The summed E-state index contributed by atoms with van der Waals surface area (Å²) >= 11 is 3.24. The van der Waals surface area contributed by atoms with Crippen LogP contribution < -0.4 is 5.32 Å². The minimum absolute atomic E-state index is 0.0532. The van der Waals surface area contributed by atoms with E-state index in [2.05, 4.69) is 31.4 Å². The van der Waals surface area contributed by atoms with Gasteiger partial charge in [0.25, 0.3) is 5.89 Å². The Bertz CT molecular complexity index is 761. The van der Waals surface area contributed by atoms with Crippen molar-refractivity contribution in [2.75, 3.05) is 5.32 Å². The molecule has 2 heterocycles. The Hall–Kier alpha value is -1.63. The van der Waals surface area contributed by atoms with Crippen LogP contribution in [0.15, 0.2) is 25.6 Å². The molecular formula is C17H18BrN3O3. The van der Waals surface area contributed by atoms with Crippen LogP contribution in [-0.4, -0.2) is 16.1 Å². The highest BCUT2D eigenvalue weighted by molar-refractivity contribution is 9.10. The first-order valence-electron chi connectivity index (χ1n) is 8.50. The quantitative estimate of drug-likeness (QED) is 0.845. The summed E-state index contributed by atoms with van der Waals surface area (Å²) in [6, 6.07) is 3.65. The molecule has 6 nitrogen and oxygen atoms in total. The lowest BCUT2D eigenvalue weighted by atomic mass is 9.49. The van der Waals surface area contributed by atoms with Crippen LogP contribution in [0.2, 0.25) is 0 Å². The van der Waals surface area contributed by atoms with Gasteiger partial charge >= 0.3 is 6.01 Å². The summed E-state index contributed by atoms with van der Waals surface area (Å²) in [5.41, 5.74) is -0.225. The smallest absolute Gasteiger partial charge is 0.322 e. The predicted molar refractivity (Wildman–Crippen MR) is 88.9 cm³/mol. The molecule has 126 valence electrons. The average Bonchev–Trinajstić information content (AvgIpc) is 3.15. The monoisotopic (exact) mass is 391 g/mol. The largest absolute Gasteiger partial charge is 0.444 e. The van der Waals surface area contributed by atoms with E-state index in [1.807, 2.05) is 0 Å². The molecule has 4 aliphatic rings. The van der Waals surface area contributed by atoms with Gasteiger partial charge in [-0.3, -0.25) is 10.1 Å². The molecule has 1 N–H and O–H groups in total. The SMILES string of the molecule is O=C(Nc1nnc(-c2ccc(Br)o2)o1)C12CC3CC(CC(C3)C1)C2. The highest BCUT2D eigenvalue weighted by Gasteiger charge is 2.54. The fourth-order valence-electron chi connectivity index (χ4n) is 5.42. The first kappa shape index (κ1) is 14.7. The lowest BCUT2D eigenvalue weighted by Crippen LogP contribution is -2.51. The lowest BCUT2D eigenvalue weighted by Gasteiger charge is -2.55. The van der Waals surface area contributed by atoms with E-state index in [1.54, 1.807) is 12.1 Å². The molecule has 0 spiro atoms. The van der Waals surface area contributed by atoms with Gasteiger partial charge in [-0.2, -0.15) is 0 Å². The summed E-state index contributed by atoms with van der Waals surface area (Å²) in [5.74, 6) is 2.96. The normalized spacial score (nSPS) is 33.8. The average molecular weight is 392 g/mol. The summed E-state index contributed by atoms with van der Waals surface area (Å²) in [5, 5.41) is 10.8. The van der Waals surface area contributed by atoms with E-state index >= 15 is 0 Å². The van der Waals surface area contributed by atoms with Gasteiger partial charge in [0.15, 0.2) is 10.4 Å². The van der Waals surface area contributed by atoms with Crippen molar-refractivity contribution >= 4 is 27.9 Å². The van der Waals surface area contributed by atoms with Crippen LogP contribution in [0.1, 0.15) is 38.5 Å². The fourth-order valence-corrected chi connectivity index (χ4v) is 5.73. The van der Waals surface area contributed by atoms with Crippen molar-refractivity contribution in [1.82, 2.24) is 10.2 Å². The third kappa shape index (κ3) is 2.32. The molecule has 4 bridgehead atoms. The number of hydrogen-bond acceptors (Lipinski definition) is 5. The van der Waals surface area contributed by atoms with E-state index in [0.717, 1.165) is 37.0 Å². The van der Waals surface area contributed by atoms with Gasteiger partial charge in [0, 0.05) is 0 Å². The molecule has 0 aliphatic heterocycles. The summed E-state index contributed by atoms with van der Waals surface area (Å²) in [6.45, 7) is 0. The first-order valence-corrected chi connectivity index (χ1v) is 9.30. The third-order valence-corrected chi connectivity index (χ3v) is 6.38. The van der Waals surface area contributed by atoms with E-state index in [0.29, 0.717) is 10.4 Å². The van der Waals surface area contributed by atoms with Gasteiger partial charge in [-0.15, -0.1) is 5.10 Å². The number of halogens is 1. The van der Waals surface area contributed by atoms with Gasteiger partial charge in [-0.05, 0) is 84.3 Å². The molecule has 0 unspecified atom stereocenters. The van der Waals surface area contributed by atoms with Crippen LogP contribution in [0.3, 0.4) is 0 Å². The molecule has 4 fully saturated rings. The Labute approximate surface area is 147 Å². The van der Waals surface area contributed by atoms with Gasteiger partial charge < -0.3 is 8.83 Å². The van der Waals surface area contributed by atoms with E-state index in [1.165, 1.54) is 19.3 Å². The summed E-state index contributed by atoms with van der Waals surface area (Å²) in [6.07, 6.45) is 6.96. The second kappa shape index (κ2) is 5.18. The van der Waals surface area contributed by atoms with E-state index < -0.39 is 0 Å². The molecule has 1 amide bonds. The second-order valence-electron chi connectivity index (χ2n) is 7.67. The Kier molecular flexibility index (Phi) is 3.17. The van der Waals surface area contributed by atoms with E-state index in [9.17, 15) is 4.79 Å². The molecule has 0 radical (unpaired) electrons. The molecule has 2 aromatic heterocycles. The Morgan fingerprint density at radius 2 is 1.75 bits per heavy atom. The summed E-state index contributed by atoms with van der Waals surface area (Å²) < 4.78 is 11.5. The third-order valence-electron chi connectivity index (χ3n) is 5.95. The maximum Gasteiger partial charge on any atom is 0.322 e. The van der Waals surface area contributed by atoms with E-state index in [4.69, 9.17) is 8.83 Å². The van der Waals surface area contributed by atoms with Gasteiger partial charge in [0.05, 0.1) is 5.41 Å². The van der Waals surface area contributed by atoms with Crippen molar-refractivity contribution < 1.29 is 13.6 Å². The predicted octanol–water partition coefficient (Wildman–Crippen LogP) is 4.25. The molecule has 0 saturated heterocycles. The molecule has 4 saturated carbocycles. The maximum atomic E-state index is 12.9. The zero-order chi connectivity index (χ0) is 16.3. The van der Waals surface area contributed by atoms with Gasteiger partial charge in [0.1, 0.15) is 0 Å². The molecule has 6 rings (SSSR count). The van der Waals surface area contributed by atoms with Crippen LogP contribution in [0.5, 0.6) is 0 Å². The second-order valence-corrected chi connectivity index (χ2v) is 8.45. The Morgan fingerprint density at radius 1 is 1.08 bits per heavy atom. The van der Waals surface area contributed by atoms with Crippen molar-refractivity contribution in [1.29, 1.82) is 0 Å². The van der Waals surface area contributed by atoms with Crippen LogP contribution >= 0.6 is 15.9 Å². The van der Waals surface area contributed by atoms with Crippen LogP contribution in [0.25, 0.3) is 11.7 Å². The van der Waals surface area contributed by atoms with Gasteiger partial charge in [-0.1, -0.05) is 5.10 Å². The number of carbonyl (C=O) groups is 1. The van der Waals surface area contributed by atoms with Crippen molar-refractivity contribution in [2.24, 2.45) is 23.2 Å². The minimum Gasteiger partial charge on any atom is -0.444 e. The zero-order valence-electron chi connectivity index (χ0n) is 13.1. The maximum absolute atomic E-state index is 12.9. The fraction of sp³-hybridized carbons (Fsp3) is 0.588. The zero-order valence-corrected chi connectivity index (χ0v) is 14.7. The van der Waals surface area contributed by atoms with Gasteiger partial charge in [-0.25, -0.2) is 0 Å². The molecule has 7 heteroatoms. The number of hydrogen-bond donors (Lipinski definition) is 1. The minimum atomic E-state index is -0.225. The van der Waals surface area contributed by atoms with Crippen molar-refractivity contribution in [2.45, 2.75) is 38.5 Å². The highest BCUT2D eigenvalue weighted by atomic mass is 79.9. The van der Waals surface area contributed by atoms with Crippen LogP contribution in [-0.2, 0) is 4.79 Å². The number of carbonyl (C=O) groups excluding carboxylic acids is 1. The van der Waals surface area contributed by atoms with Crippen molar-refractivity contribution in [3.05, 3.63) is 16.8 Å². The van der Waals surface area contributed by atoms with Crippen molar-refractivity contribution in [3.8, 4) is 11.7 Å². The highest BCUT2D eigenvalue weighted by Crippen LogP contribution is 2.60. The molecule has 0 aromatic carbocycles. The Morgan fingerprint density at radius 3 is 2.33 bits per heavy atom. The number of nitrogens with one attached hydrogen (secondary N) is 1. The number of aromatic nitrogens is 2. The topological polar surface area (TPSA) is 81.2 Å². The Balaban J connectivity index is 1.35. The lowest BCUT2D eigenvalue weighted by molar-refractivity contribution is -0.140. The molecule has 2 aromatic rings. The molecule has 4 aliphatic carbocycles. The van der Waals surface area contributed by atoms with Crippen LogP contribution in [0, 0.1) is 23.2 Å². The molecule has 0 atom stereocenters. The number of amides is 1. The summed E-state index contributed by atoms with van der Waals surface area (Å²) in [4.78, 5) is 12.9. The molecule has 24 heavy (non-hydrogen) atoms. The standard InChI is InChI=1S/C17H18BrN3O3/c18-13-2-1-12(23-13)14-20-21-16(24-14)19-15(22)17-6-9-3-10(7-17)5-11(4-9)8-17/h1-2,9-11H,3-8H2,(H,19,21,22). The van der Waals surface area contributed by atoms with Gasteiger partial charge in [0.2, 0.25) is 5.91 Å². The van der Waals surface area contributed by atoms with Crippen LogP contribution in [0.4, 0.5) is 6.01 Å². The number of anilines is 1. The number of rotatable bonds is 3. The molecular weight excluding hydrogens is 374 g/mol. The first-order chi connectivity index (χ1) is 11.6. The van der Waals surface area contributed by atoms with E-state index in [-0.39, 0.29) is 23.2 Å². The number of furan rings is 1. The number of nitrogens with zero attached hydrogens (tertiary/aromatic N) is 2. The van der Waals surface area contributed by atoms with Crippen molar-refractivity contribution in [3.63, 3.8) is 0 Å².